The Balaban J connectivity index is 2.22. The Hall–Kier alpha value is -1.32. The van der Waals surface area contributed by atoms with E-state index in [1.807, 2.05) is 11.3 Å². The molecule has 2 rings (SSSR count). The molecule has 2 N–H and O–H groups in total. The summed E-state index contributed by atoms with van der Waals surface area (Å²) < 4.78 is 0. The molecule has 0 saturated heterocycles. The monoisotopic (exact) mass is 274 g/mol. The second-order valence-electron chi connectivity index (χ2n) is 4.83. The van der Waals surface area contributed by atoms with Gasteiger partial charge in [0, 0.05) is 29.0 Å². The van der Waals surface area contributed by atoms with Crippen molar-refractivity contribution in [1.82, 2.24) is 0 Å². The number of nitrogens with two attached hydrogens (primary N) is 1. The van der Waals surface area contributed by atoms with E-state index in [1.54, 1.807) is 0 Å². The Morgan fingerprint density at radius 2 is 1.84 bits per heavy atom. The predicted octanol–water partition coefficient (Wildman–Crippen LogP) is 3.76. The minimum Gasteiger partial charge on any atom is -0.365 e. The lowest BCUT2D eigenvalue weighted by molar-refractivity contribution is 0.692. The zero-order valence-electron chi connectivity index (χ0n) is 11.9. The molecule has 1 heterocycles. The quantitative estimate of drug-likeness (QED) is 0.899. The highest BCUT2D eigenvalue weighted by molar-refractivity contribution is 7.12. The summed E-state index contributed by atoms with van der Waals surface area (Å²) in [4.78, 5) is 4.94. The molecule has 0 aliphatic carbocycles. The molecular formula is C16H22N2S. The Kier molecular flexibility index (Phi) is 4.61. The lowest BCUT2D eigenvalue weighted by Crippen LogP contribution is -2.29. The zero-order valence-corrected chi connectivity index (χ0v) is 12.7. The highest BCUT2D eigenvalue weighted by Crippen LogP contribution is 2.29. The Morgan fingerprint density at radius 1 is 1.16 bits per heavy atom. The molecule has 0 spiro atoms. The van der Waals surface area contributed by atoms with E-state index in [-0.39, 0.29) is 6.04 Å². The van der Waals surface area contributed by atoms with Crippen molar-refractivity contribution in [3.63, 3.8) is 0 Å². The molecule has 0 radical (unpaired) electrons. The van der Waals surface area contributed by atoms with E-state index < -0.39 is 0 Å². The first-order valence-corrected chi connectivity index (χ1v) is 7.55. The van der Waals surface area contributed by atoms with E-state index >= 15 is 0 Å². The third-order valence-electron chi connectivity index (χ3n) is 3.53. The van der Waals surface area contributed by atoms with Gasteiger partial charge in [-0.25, -0.2) is 0 Å². The van der Waals surface area contributed by atoms with Crippen LogP contribution in [0.3, 0.4) is 0 Å². The number of likely N-dealkylation sites (N-methyl/N-ethyl adjacent to an activating group) is 1. The minimum absolute atomic E-state index is 0.256. The second-order valence-corrected chi connectivity index (χ2v) is 6.15. The molecule has 1 unspecified atom stereocenters. The molecule has 0 saturated carbocycles. The normalized spacial score (nSPS) is 12.4. The first-order valence-electron chi connectivity index (χ1n) is 6.74. The van der Waals surface area contributed by atoms with Gasteiger partial charge in [0.05, 0.1) is 6.04 Å². The van der Waals surface area contributed by atoms with Crippen LogP contribution in [0, 0.1) is 6.92 Å². The van der Waals surface area contributed by atoms with E-state index in [1.165, 1.54) is 21.0 Å². The molecule has 0 aliphatic heterocycles. The minimum atomic E-state index is 0.256. The SMILES string of the molecule is CCc1ccc(N(C)C(CN)c2ccc(C)s2)cc1. The molecule has 102 valence electrons. The first kappa shape index (κ1) is 14.1. The van der Waals surface area contributed by atoms with Gasteiger partial charge in [-0.3, -0.25) is 0 Å². The maximum atomic E-state index is 5.97. The van der Waals surface area contributed by atoms with Crippen molar-refractivity contribution >= 4 is 17.0 Å². The number of benzene rings is 1. The fraction of sp³-hybridized carbons (Fsp3) is 0.375. The third-order valence-corrected chi connectivity index (χ3v) is 4.63. The molecule has 1 aromatic heterocycles. The van der Waals surface area contributed by atoms with Gasteiger partial charge in [-0.05, 0) is 43.2 Å². The van der Waals surface area contributed by atoms with Gasteiger partial charge < -0.3 is 10.6 Å². The highest BCUT2D eigenvalue weighted by Gasteiger charge is 2.17. The topological polar surface area (TPSA) is 29.3 Å². The van der Waals surface area contributed by atoms with Crippen LogP contribution in [-0.2, 0) is 6.42 Å². The molecule has 3 heteroatoms. The first-order chi connectivity index (χ1) is 9.15. The number of thiophene rings is 1. The van der Waals surface area contributed by atoms with Gasteiger partial charge in [0.25, 0.3) is 0 Å². The van der Waals surface area contributed by atoms with Crippen LogP contribution in [0.25, 0.3) is 0 Å². The highest BCUT2D eigenvalue weighted by atomic mass is 32.1. The lowest BCUT2D eigenvalue weighted by Gasteiger charge is -2.28. The Morgan fingerprint density at radius 3 is 2.32 bits per heavy atom. The molecular weight excluding hydrogens is 252 g/mol. The molecule has 2 aromatic rings. The van der Waals surface area contributed by atoms with E-state index in [0.717, 1.165) is 6.42 Å². The summed E-state index contributed by atoms with van der Waals surface area (Å²) in [5.41, 5.74) is 8.56. The fourth-order valence-corrected chi connectivity index (χ4v) is 3.28. The molecule has 0 amide bonds. The van der Waals surface area contributed by atoms with Gasteiger partial charge in [-0.15, -0.1) is 11.3 Å². The summed E-state index contributed by atoms with van der Waals surface area (Å²) in [6.45, 7) is 4.94. The molecule has 0 fully saturated rings. The van der Waals surface area contributed by atoms with Crippen LogP contribution >= 0.6 is 11.3 Å². The van der Waals surface area contributed by atoms with Gasteiger partial charge in [0.1, 0.15) is 0 Å². The molecule has 1 aromatic carbocycles. The number of aryl methyl sites for hydroxylation is 2. The van der Waals surface area contributed by atoms with Crippen LogP contribution in [0.15, 0.2) is 36.4 Å². The number of anilines is 1. The third kappa shape index (κ3) is 3.17. The van der Waals surface area contributed by atoms with Gasteiger partial charge in [-0.2, -0.15) is 0 Å². The summed E-state index contributed by atoms with van der Waals surface area (Å²) in [7, 11) is 2.12. The van der Waals surface area contributed by atoms with Gasteiger partial charge in [0.15, 0.2) is 0 Å². The standard InChI is InChI=1S/C16H22N2S/c1-4-13-6-8-14(9-7-13)18(3)15(11-17)16-10-5-12(2)19-16/h5-10,15H,4,11,17H2,1-3H3. The van der Waals surface area contributed by atoms with Crippen LogP contribution in [0.1, 0.15) is 28.3 Å². The van der Waals surface area contributed by atoms with Gasteiger partial charge >= 0.3 is 0 Å². The van der Waals surface area contributed by atoms with Crippen molar-refractivity contribution in [1.29, 1.82) is 0 Å². The van der Waals surface area contributed by atoms with Crippen molar-refractivity contribution in [2.24, 2.45) is 5.73 Å². The van der Waals surface area contributed by atoms with Crippen LogP contribution < -0.4 is 10.6 Å². The summed E-state index contributed by atoms with van der Waals surface area (Å²) in [6, 6.07) is 13.4. The second kappa shape index (κ2) is 6.22. The molecule has 0 aliphatic rings. The number of nitrogens with zero attached hydrogens (tertiary/aromatic N) is 1. The maximum absolute atomic E-state index is 5.97. The van der Waals surface area contributed by atoms with Crippen molar-refractivity contribution in [3.05, 3.63) is 51.7 Å². The summed E-state index contributed by atoms with van der Waals surface area (Å²) in [6.07, 6.45) is 1.08. The summed E-state index contributed by atoms with van der Waals surface area (Å²) in [5.74, 6) is 0. The molecule has 19 heavy (non-hydrogen) atoms. The number of rotatable bonds is 5. The molecule has 1 atom stereocenters. The maximum Gasteiger partial charge on any atom is 0.0753 e. The van der Waals surface area contributed by atoms with Crippen LogP contribution in [-0.4, -0.2) is 13.6 Å². The van der Waals surface area contributed by atoms with E-state index in [2.05, 4.69) is 62.2 Å². The van der Waals surface area contributed by atoms with Crippen LogP contribution in [0.2, 0.25) is 0 Å². The summed E-state index contributed by atoms with van der Waals surface area (Å²) >= 11 is 1.83. The Labute approximate surface area is 119 Å². The van der Waals surface area contributed by atoms with E-state index in [9.17, 15) is 0 Å². The van der Waals surface area contributed by atoms with Crippen molar-refractivity contribution in [2.75, 3.05) is 18.5 Å². The van der Waals surface area contributed by atoms with Crippen molar-refractivity contribution in [2.45, 2.75) is 26.3 Å². The van der Waals surface area contributed by atoms with Crippen molar-refractivity contribution in [3.8, 4) is 0 Å². The van der Waals surface area contributed by atoms with Crippen molar-refractivity contribution < 1.29 is 0 Å². The molecule has 2 nitrogen and oxygen atoms in total. The number of hydrogen-bond acceptors (Lipinski definition) is 3. The molecule has 0 bridgehead atoms. The van der Waals surface area contributed by atoms with Gasteiger partial charge in [0.2, 0.25) is 0 Å². The largest absolute Gasteiger partial charge is 0.365 e. The van der Waals surface area contributed by atoms with Crippen LogP contribution in [0.4, 0.5) is 5.69 Å². The van der Waals surface area contributed by atoms with Crippen LogP contribution in [0.5, 0.6) is 0 Å². The average molecular weight is 274 g/mol. The van der Waals surface area contributed by atoms with Gasteiger partial charge in [-0.1, -0.05) is 19.1 Å². The smallest absolute Gasteiger partial charge is 0.0753 e. The zero-order chi connectivity index (χ0) is 13.8. The number of hydrogen-bond donors (Lipinski definition) is 1. The summed E-state index contributed by atoms with van der Waals surface area (Å²) in [5, 5.41) is 0. The van der Waals surface area contributed by atoms with E-state index in [4.69, 9.17) is 5.73 Å². The average Bonchev–Trinajstić information content (AvgIpc) is 2.86. The Bertz CT molecular complexity index is 516. The van der Waals surface area contributed by atoms with E-state index in [0.29, 0.717) is 6.54 Å². The fourth-order valence-electron chi connectivity index (χ4n) is 2.24. The predicted molar refractivity (Wildman–Crippen MR) is 85.1 cm³/mol. The lowest BCUT2D eigenvalue weighted by atomic mass is 10.1.